The van der Waals surface area contributed by atoms with Gasteiger partial charge in [-0.25, -0.2) is 0 Å². The highest BCUT2D eigenvalue weighted by Gasteiger charge is 2.42. The van der Waals surface area contributed by atoms with Crippen molar-refractivity contribution in [3.8, 4) is 0 Å². The van der Waals surface area contributed by atoms with Gasteiger partial charge < -0.3 is 5.32 Å². The Morgan fingerprint density at radius 2 is 1.68 bits per heavy atom. The maximum atomic E-state index is 12.9. The molecule has 2 aromatic carbocycles. The van der Waals surface area contributed by atoms with Crippen molar-refractivity contribution in [1.82, 2.24) is 4.90 Å². The Kier molecular flexibility index (Phi) is 5.74. The van der Waals surface area contributed by atoms with Gasteiger partial charge in [-0.3, -0.25) is 29.4 Å². The summed E-state index contributed by atoms with van der Waals surface area (Å²) in [6.07, 6.45) is 2.17. The van der Waals surface area contributed by atoms with Gasteiger partial charge in [-0.2, -0.15) is 11.8 Å². The van der Waals surface area contributed by atoms with Gasteiger partial charge in [-0.1, -0.05) is 12.1 Å². The van der Waals surface area contributed by atoms with Crippen LogP contribution in [-0.2, 0) is 4.79 Å². The number of nitro benzene ring substituents is 1. The van der Waals surface area contributed by atoms with Crippen LogP contribution in [0.15, 0.2) is 48.5 Å². The average molecular weight is 399 g/mol. The van der Waals surface area contributed by atoms with Gasteiger partial charge in [-0.05, 0) is 42.7 Å². The lowest BCUT2D eigenvalue weighted by molar-refractivity contribution is -0.384. The highest BCUT2D eigenvalue weighted by Crippen LogP contribution is 2.27. The first-order valence-corrected chi connectivity index (χ1v) is 9.84. The second-order valence-corrected chi connectivity index (χ2v) is 7.10. The molecule has 3 amide bonds. The van der Waals surface area contributed by atoms with Crippen LogP contribution < -0.4 is 5.32 Å². The van der Waals surface area contributed by atoms with Crippen molar-refractivity contribution in [1.29, 1.82) is 0 Å². The number of nitro groups is 1. The summed E-state index contributed by atoms with van der Waals surface area (Å²) in [5.74, 6) is -0.931. The number of hydrogen-bond acceptors (Lipinski definition) is 6. The molecule has 9 heteroatoms. The van der Waals surface area contributed by atoms with Gasteiger partial charge in [0.25, 0.3) is 17.5 Å². The molecule has 1 unspecified atom stereocenters. The fourth-order valence-electron chi connectivity index (χ4n) is 2.99. The van der Waals surface area contributed by atoms with E-state index in [4.69, 9.17) is 0 Å². The second-order valence-electron chi connectivity index (χ2n) is 6.12. The summed E-state index contributed by atoms with van der Waals surface area (Å²) in [6.45, 7) is 0. The minimum Gasteiger partial charge on any atom is -0.324 e. The first-order chi connectivity index (χ1) is 13.4. The number of amides is 3. The number of hydrogen-bond donors (Lipinski definition) is 1. The molecule has 28 heavy (non-hydrogen) atoms. The number of anilines is 1. The van der Waals surface area contributed by atoms with Crippen molar-refractivity contribution in [3.05, 3.63) is 69.8 Å². The molecule has 0 fully saturated rings. The molecule has 8 nitrogen and oxygen atoms in total. The van der Waals surface area contributed by atoms with Crippen molar-refractivity contribution in [2.45, 2.75) is 12.5 Å². The van der Waals surface area contributed by atoms with E-state index in [9.17, 15) is 24.5 Å². The summed E-state index contributed by atoms with van der Waals surface area (Å²) < 4.78 is 0. The lowest BCUT2D eigenvalue weighted by atomic mass is 10.1. The lowest BCUT2D eigenvalue weighted by Crippen LogP contribution is -2.47. The predicted octanol–water partition coefficient (Wildman–Crippen LogP) is 2.95. The van der Waals surface area contributed by atoms with Gasteiger partial charge in [0.1, 0.15) is 6.04 Å². The number of nitrogens with zero attached hydrogens (tertiary/aromatic N) is 2. The molecule has 1 aliphatic rings. The SMILES string of the molecule is CSCCC(C(=O)Nc1ccc([N+](=O)[O-])cc1)N1C(=O)c2ccccc2C1=O. The average Bonchev–Trinajstić information content (AvgIpc) is 2.94. The number of nitrogens with one attached hydrogen (secondary N) is 1. The zero-order valence-electron chi connectivity index (χ0n) is 15.0. The first kappa shape index (κ1) is 19.6. The Bertz CT molecular complexity index is 910. The normalized spacial score (nSPS) is 14.0. The van der Waals surface area contributed by atoms with Gasteiger partial charge in [0.15, 0.2) is 0 Å². The van der Waals surface area contributed by atoms with Crippen molar-refractivity contribution < 1.29 is 19.3 Å². The molecular formula is C19H17N3O5S. The number of thioether (sulfide) groups is 1. The number of imide groups is 1. The quantitative estimate of drug-likeness (QED) is 0.435. The third kappa shape index (κ3) is 3.74. The molecule has 144 valence electrons. The molecule has 0 bridgehead atoms. The standard InChI is InChI=1S/C19H17N3O5S/c1-28-11-10-16(17(23)20-12-6-8-13(9-7-12)22(26)27)21-18(24)14-4-2-3-5-15(14)19(21)25/h2-9,16H,10-11H2,1H3,(H,20,23). The number of non-ortho nitro benzene ring substituents is 1. The number of carbonyl (C=O) groups excluding carboxylic acids is 3. The summed E-state index contributed by atoms with van der Waals surface area (Å²) in [5, 5.41) is 13.4. The summed E-state index contributed by atoms with van der Waals surface area (Å²) in [6, 6.07) is 10.8. The number of carbonyl (C=O) groups is 3. The van der Waals surface area contributed by atoms with Crippen LogP contribution >= 0.6 is 11.8 Å². The van der Waals surface area contributed by atoms with Gasteiger partial charge in [0.2, 0.25) is 5.91 Å². The highest BCUT2D eigenvalue weighted by atomic mass is 32.2. The fraction of sp³-hybridized carbons (Fsp3) is 0.211. The maximum Gasteiger partial charge on any atom is 0.269 e. The minimum absolute atomic E-state index is 0.0997. The molecule has 1 atom stereocenters. The Morgan fingerprint density at radius 3 is 2.18 bits per heavy atom. The summed E-state index contributed by atoms with van der Waals surface area (Å²) in [5.41, 5.74) is 0.813. The minimum atomic E-state index is -0.977. The van der Waals surface area contributed by atoms with E-state index in [-0.39, 0.29) is 16.8 Å². The molecule has 0 saturated heterocycles. The predicted molar refractivity (Wildman–Crippen MR) is 105 cm³/mol. The third-order valence-corrected chi connectivity index (χ3v) is 5.02. The van der Waals surface area contributed by atoms with E-state index in [1.54, 1.807) is 24.3 Å². The van der Waals surface area contributed by atoms with E-state index in [1.165, 1.54) is 36.0 Å². The molecule has 0 spiro atoms. The summed E-state index contributed by atoms with van der Waals surface area (Å²) in [7, 11) is 0. The smallest absolute Gasteiger partial charge is 0.269 e. The fourth-order valence-corrected chi connectivity index (χ4v) is 3.45. The summed E-state index contributed by atoms with van der Waals surface area (Å²) >= 11 is 1.50. The zero-order chi connectivity index (χ0) is 20.3. The molecule has 0 aliphatic carbocycles. The Morgan fingerprint density at radius 1 is 1.11 bits per heavy atom. The van der Waals surface area contributed by atoms with E-state index >= 15 is 0 Å². The molecule has 0 radical (unpaired) electrons. The number of benzene rings is 2. The van der Waals surface area contributed by atoms with Crippen molar-refractivity contribution in [2.24, 2.45) is 0 Å². The van der Waals surface area contributed by atoms with E-state index < -0.39 is 28.7 Å². The molecule has 0 aromatic heterocycles. The Hall–Kier alpha value is -3.20. The van der Waals surface area contributed by atoms with Crippen LogP contribution in [0.1, 0.15) is 27.1 Å². The molecule has 3 rings (SSSR count). The lowest BCUT2D eigenvalue weighted by Gasteiger charge is -2.25. The van der Waals surface area contributed by atoms with Crippen molar-refractivity contribution in [3.63, 3.8) is 0 Å². The Labute approximate surface area is 165 Å². The summed E-state index contributed by atoms with van der Waals surface area (Å²) in [4.78, 5) is 49.5. The molecule has 1 heterocycles. The van der Waals surface area contributed by atoms with E-state index in [2.05, 4.69) is 5.32 Å². The topological polar surface area (TPSA) is 110 Å². The molecular weight excluding hydrogens is 382 g/mol. The van der Waals surface area contributed by atoms with E-state index in [0.29, 0.717) is 17.9 Å². The largest absolute Gasteiger partial charge is 0.324 e. The number of fused-ring (bicyclic) bond motifs is 1. The van der Waals surface area contributed by atoms with Crippen LogP contribution in [0.4, 0.5) is 11.4 Å². The molecule has 1 aliphatic heterocycles. The van der Waals surface area contributed by atoms with Gasteiger partial charge in [0.05, 0.1) is 16.1 Å². The van der Waals surface area contributed by atoms with Gasteiger partial charge in [-0.15, -0.1) is 0 Å². The second kappa shape index (κ2) is 8.22. The molecule has 1 N–H and O–H groups in total. The highest BCUT2D eigenvalue weighted by molar-refractivity contribution is 7.98. The first-order valence-electron chi connectivity index (χ1n) is 8.45. The van der Waals surface area contributed by atoms with Crippen LogP contribution in [0.5, 0.6) is 0 Å². The van der Waals surface area contributed by atoms with Crippen LogP contribution in [0.3, 0.4) is 0 Å². The Balaban J connectivity index is 1.84. The zero-order valence-corrected chi connectivity index (χ0v) is 15.8. The van der Waals surface area contributed by atoms with Gasteiger partial charge in [0, 0.05) is 17.8 Å². The van der Waals surface area contributed by atoms with Crippen LogP contribution in [0.2, 0.25) is 0 Å². The van der Waals surface area contributed by atoms with Crippen molar-refractivity contribution in [2.75, 3.05) is 17.3 Å². The van der Waals surface area contributed by atoms with Crippen LogP contribution in [0, 0.1) is 10.1 Å². The van der Waals surface area contributed by atoms with Crippen molar-refractivity contribution >= 4 is 40.9 Å². The maximum absolute atomic E-state index is 12.9. The molecule has 0 saturated carbocycles. The monoisotopic (exact) mass is 399 g/mol. The third-order valence-electron chi connectivity index (χ3n) is 4.38. The molecule has 2 aromatic rings. The van der Waals surface area contributed by atoms with Gasteiger partial charge >= 0.3 is 0 Å². The number of rotatable bonds is 7. The van der Waals surface area contributed by atoms with E-state index in [1.807, 2.05) is 6.26 Å². The van der Waals surface area contributed by atoms with Crippen LogP contribution in [-0.4, -0.2) is 45.6 Å². The van der Waals surface area contributed by atoms with Crippen LogP contribution in [0.25, 0.3) is 0 Å². The van der Waals surface area contributed by atoms with E-state index in [0.717, 1.165) is 4.90 Å².